The minimum atomic E-state index is -0.160. The van der Waals surface area contributed by atoms with Crippen molar-refractivity contribution < 1.29 is 14.3 Å². The first-order valence-corrected chi connectivity index (χ1v) is 9.08. The molecule has 3 aromatic rings. The molecule has 1 heterocycles. The SMILES string of the molecule is COc1cc(C)c(C(=O)c2c(C(C)C)[nH]c3cc(C#N)ccc23)cc1C(C)=O. The number of Topliss-reactive ketones (excluding diaryl/α,β-unsaturated/α-hetero) is 1. The molecule has 0 aliphatic heterocycles. The molecule has 0 bridgehead atoms. The third-order valence-electron chi connectivity index (χ3n) is 4.93. The van der Waals surface area contributed by atoms with Crippen molar-refractivity contribution in [1.29, 1.82) is 5.26 Å². The highest BCUT2D eigenvalue weighted by Crippen LogP contribution is 2.32. The van der Waals surface area contributed by atoms with Crippen LogP contribution >= 0.6 is 0 Å². The minimum Gasteiger partial charge on any atom is -0.496 e. The number of nitrogens with zero attached hydrogens (tertiary/aromatic N) is 1. The van der Waals surface area contributed by atoms with Gasteiger partial charge in [-0.1, -0.05) is 19.9 Å². The number of hydrogen-bond acceptors (Lipinski definition) is 4. The van der Waals surface area contributed by atoms with Crippen molar-refractivity contribution in [1.82, 2.24) is 4.98 Å². The molecule has 3 rings (SSSR count). The molecule has 1 aromatic heterocycles. The Balaban J connectivity index is 2.27. The third-order valence-corrected chi connectivity index (χ3v) is 4.93. The summed E-state index contributed by atoms with van der Waals surface area (Å²) in [5.74, 6) is 0.237. The Hall–Kier alpha value is -3.39. The summed E-state index contributed by atoms with van der Waals surface area (Å²) < 4.78 is 5.30. The number of methoxy groups -OCH3 is 1. The lowest BCUT2D eigenvalue weighted by Gasteiger charge is -2.13. The van der Waals surface area contributed by atoms with Gasteiger partial charge >= 0.3 is 0 Å². The van der Waals surface area contributed by atoms with Crippen molar-refractivity contribution in [3.05, 3.63) is 63.8 Å². The number of aryl methyl sites for hydroxylation is 1. The van der Waals surface area contributed by atoms with Crippen molar-refractivity contribution in [2.24, 2.45) is 0 Å². The number of benzene rings is 2. The largest absolute Gasteiger partial charge is 0.496 e. The van der Waals surface area contributed by atoms with E-state index in [-0.39, 0.29) is 17.5 Å². The average molecular weight is 374 g/mol. The van der Waals surface area contributed by atoms with Gasteiger partial charge < -0.3 is 9.72 Å². The number of nitrogens with one attached hydrogen (secondary N) is 1. The van der Waals surface area contributed by atoms with Gasteiger partial charge in [-0.3, -0.25) is 9.59 Å². The molecule has 142 valence electrons. The van der Waals surface area contributed by atoms with E-state index in [0.717, 1.165) is 22.2 Å². The van der Waals surface area contributed by atoms with Gasteiger partial charge in [0.15, 0.2) is 11.6 Å². The Bertz CT molecular complexity index is 1150. The summed E-state index contributed by atoms with van der Waals surface area (Å²) >= 11 is 0. The van der Waals surface area contributed by atoms with E-state index in [2.05, 4.69) is 11.1 Å². The molecule has 0 aliphatic rings. The molecule has 0 spiro atoms. The van der Waals surface area contributed by atoms with Crippen LogP contribution < -0.4 is 4.74 Å². The lowest BCUT2D eigenvalue weighted by molar-refractivity contribution is 0.101. The summed E-state index contributed by atoms with van der Waals surface area (Å²) in [6.45, 7) is 7.30. The molecule has 2 aromatic carbocycles. The molecule has 0 saturated carbocycles. The summed E-state index contributed by atoms with van der Waals surface area (Å²) in [5, 5.41) is 9.93. The van der Waals surface area contributed by atoms with E-state index in [0.29, 0.717) is 28.0 Å². The molecule has 1 N–H and O–H groups in total. The van der Waals surface area contributed by atoms with Gasteiger partial charge in [0, 0.05) is 22.2 Å². The molecule has 0 fully saturated rings. The standard InChI is InChI=1S/C23H22N2O3/c1-12(2)22-21(16-7-6-15(11-24)9-19(16)25-22)23(27)17-10-18(14(4)26)20(28-5)8-13(17)3/h6-10,12,25H,1-5H3. The maximum atomic E-state index is 13.6. The van der Waals surface area contributed by atoms with E-state index in [1.165, 1.54) is 14.0 Å². The van der Waals surface area contributed by atoms with Crippen molar-refractivity contribution >= 4 is 22.5 Å². The first-order chi connectivity index (χ1) is 13.3. The summed E-state index contributed by atoms with van der Waals surface area (Å²) in [6.07, 6.45) is 0. The van der Waals surface area contributed by atoms with E-state index in [4.69, 9.17) is 10.00 Å². The monoisotopic (exact) mass is 374 g/mol. The lowest BCUT2D eigenvalue weighted by atomic mass is 9.91. The number of hydrogen-bond donors (Lipinski definition) is 1. The fourth-order valence-corrected chi connectivity index (χ4v) is 3.47. The average Bonchev–Trinajstić information content (AvgIpc) is 3.05. The van der Waals surface area contributed by atoms with Crippen LogP contribution in [0.5, 0.6) is 5.75 Å². The van der Waals surface area contributed by atoms with Crippen LogP contribution in [0.3, 0.4) is 0 Å². The molecular formula is C23H22N2O3. The zero-order valence-corrected chi connectivity index (χ0v) is 16.6. The van der Waals surface area contributed by atoms with Crippen LogP contribution in [0, 0.1) is 18.3 Å². The van der Waals surface area contributed by atoms with Crippen molar-refractivity contribution in [3.63, 3.8) is 0 Å². The minimum absolute atomic E-state index is 0.0858. The number of rotatable bonds is 5. The molecule has 0 aliphatic carbocycles. The molecule has 0 amide bonds. The number of aromatic amines is 1. The predicted octanol–water partition coefficient (Wildman–Crippen LogP) is 4.91. The number of H-pyrrole nitrogens is 1. The van der Waals surface area contributed by atoms with Gasteiger partial charge in [-0.15, -0.1) is 0 Å². The molecule has 0 radical (unpaired) electrons. The van der Waals surface area contributed by atoms with Gasteiger partial charge in [0.2, 0.25) is 0 Å². The maximum Gasteiger partial charge on any atom is 0.195 e. The number of nitriles is 1. The zero-order chi connectivity index (χ0) is 20.6. The van der Waals surface area contributed by atoms with Crippen LogP contribution in [0.15, 0.2) is 30.3 Å². The lowest BCUT2D eigenvalue weighted by Crippen LogP contribution is -2.10. The predicted molar refractivity (Wildman–Crippen MR) is 108 cm³/mol. The molecule has 0 saturated heterocycles. The Kier molecular flexibility index (Phi) is 5.06. The van der Waals surface area contributed by atoms with Crippen LogP contribution in [-0.4, -0.2) is 23.7 Å². The molecule has 0 atom stereocenters. The van der Waals surface area contributed by atoms with Gasteiger partial charge in [0.25, 0.3) is 0 Å². The molecular weight excluding hydrogens is 352 g/mol. The Morgan fingerprint density at radius 2 is 1.86 bits per heavy atom. The van der Waals surface area contributed by atoms with Crippen LogP contribution in [0.1, 0.15) is 69.8 Å². The number of carbonyl (C=O) groups is 2. The maximum absolute atomic E-state index is 13.6. The van der Waals surface area contributed by atoms with E-state index in [1.54, 1.807) is 30.3 Å². The number of fused-ring (bicyclic) bond motifs is 1. The van der Waals surface area contributed by atoms with E-state index in [1.807, 2.05) is 20.8 Å². The highest BCUT2D eigenvalue weighted by Gasteiger charge is 2.24. The smallest absolute Gasteiger partial charge is 0.195 e. The topological polar surface area (TPSA) is 82.9 Å². The van der Waals surface area contributed by atoms with Gasteiger partial charge in [0.05, 0.1) is 29.9 Å². The van der Waals surface area contributed by atoms with E-state index < -0.39 is 0 Å². The summed E-state index contributed by atoms with van der Waals surface area (Å²) in [5.41, 5.74) is 4.27. The highest BCUT2D eigenvalue weighted by atomic mass is 16.5. The van der Waals surface area contributed by atoms with Crippen LogP contribution in [0.2, 0.25) is 0 Å². The van der Waals surface area contributed by atoms with Crippen molar-refractivity contribution in [2.45, 2.75) is 33.6 Å². The van der Waals surface area contributed by atoms with E-state index in [9.17, 15) is 9.59 Å². The number of ketones is 2. The highest BCUT2D eigenvalue weighted by molar-refractivity contribution is 6.19. The van der Waals surface area contributed by atoms with Crippen molar-refractivity contribution in [3.8, 4) is 11.8 Å². The summed E-state index contributed by atoms with van der Waals surface area (Å²) in [6, 6.07) is 10.7. The number of ether oxygens (including phenoxy) is 1. The Morgan fingerprint density at radius 3 is 2.43 bits per heavy atom. The van der Waals surface area contributed by atoms with Crippen LogP contribution in [-0.2, 0) is 0 Å². The fraction of sp³-hybridized carbons (Fsp3) is 0.261. The molecule has 5 heteroatoms. The zero-order valence-electron chi connectivity index (χ0n) is 16.6. The first-order valence-electron chi connectivity index (χ1n) is 9.08. The number of aromatic nitrogens is 1. The van der Waals surface area contributed by atoms with Crippen LogP contribution in [0.4, 0.5) is 0 Å². The molecule has 5 nitrogen and oxygen atoms in total. The fourth-order valence-electron chi connectivity index (χ4n) is 3.47. The molecule has 0 unspecified atom stereocenters. The summed E-state index contributed by atoms with van der Waals surface area (Å²) in [4.78, 5) is 28.9. The first kappa shape index (κ1) is 19.4. The second-order valence-corrected chi connectivity index (χ2v) is 7.19. The normalized spacial score (nSPS) is 10.9. The van der Waals surface area contributed by atoms with E-state index >= 15 is 0 Å². The van der Waals surface area contributed by atoms with Crippen molar-refractivity contribution in [2.75, 3.05) is 7.11 Å². The Morgan fingerprint density at radius 1 is 1.14 bits per heavy atom. The van der Waals surface area contributed by atoms with Gasteiger partial charge in [0.1, 0.15) is 5.75 Å². The number of carbonyl (C=O) groups excluding carboxylic acids is 2. The van der Waals surface area contributed by atoms with Gasteiger partial charge in [-0.2, -0.15) is 5.26 Å². The Labute approximate surface area is 163 Å². The molecule has 28 heavy (non-hydrogen) atoms. The quantitative estimate of drug-likeness (QED) is 0.643. The summed E-state index contributed by atoms with van der Waals surface area (Å²) in [7, 11) is 1.51. The second-order valence-electron chi connectivity index (χ2n) is 7.19. The van der Waals surface area contributed by atoms with Gasteiger partial charge in [-0.25, -0.2) is 0 Å². The third kappa shape index (κ3) is 3.18. The second kappa shape index (κ2) is 7.32. The van der Waals surface area contributed by atoms with Crippen LogP contribution in [0.25, 0.3) is 10.9 Å². The van der Waals surface area contributed by atoms with Gasteiger partial charge in [-0.05, 0) is 49.6 Å².